The number of fused-ring (bicyclic) bond motifs is 1. The molecule has 1 aromatic carbocycles. The van der Waals surface area contributed by atoms with Gasteiger partial charge in [0.05, 0.1) is 18.4 Å². The SMILES string of the molecule is NCC1c2ccccc2CCN1c1ncc(F)cn1. The molecule has 0 fully saturated rings. The van der Waals surface area contributed by atoms with Gasteiger partial charge in [-0.05, 0) is 17.5 Å². The largest absolute Gasteiger partial charge is 0.332 e. The van der Waals surface area contributed by atoms with Crippen LogP contribution < -0.4 is 10.6 Å². The maximum absolute atomic E-state index is 12.9. The number of nitrogens with two attached hydrogens (primary N) is 1. The molecule has 0 spiro atoms. The summed E-state index contributed by atoms with van der Waals surface area (Å²) in [5.41, 5.74) is 8.43. The second-order valence-corrected chi connectivity index (χ2v) is 4.59. The lowest BCUT2D eigenvalue weighted by atomic mass is 9.93. The van der Waals surface area contributed by atoms with Gasteiger partial charge < -0.3 is 10.6 Å². The number of halogens is 1. The maximum Gasteiger partial charge on any atom is 0.226 e. The topological polar surface area (TPSA) is 55.0 Å². The van der Waals surface area contributed by atoms with Gasteiger partial charge in [-0.2, -0.15) is 0 Å². The van der Waals surface area contributed by atoms with E-state index < -0.39 is 5.82 Å². The van der Waals surface area contributed by atoms with E-state index in [1.165, 1.54) is 23.5 Å². The van der Waals surface area contributed by atoms with E-state index in [4.69, 9.17) is 5.73 Å². The number of benzene rings is 1. The second kappa shape index (κ2) is 4.93. The summed E-state index contributed by atoms with van der Waals surface area (Å²) in [7, 11) is 0. The van der Waals surface area contributed by atoms with Gasteiger partial charge in [0.2, 0.25) is 5.95 Å². The Bertz CT molecular complexity index is 570. The molecule has 0 saturated heterocycles. The molecule has 1 unspecified atom stereocenters. The van der Waals surface area contributed by atoms with Crippen molar-refractivity contribution in [1.82, 2.24) is 9.97 Å². The van der Waals surface area contributed by atoms with Gasteiger partial charge in [-0.15, -0.1) is 0 Å². The molecule has 1 atom stereocenters. The second-order valence-electron chi connectivity index (χ2n) is 4.59. The molecule has 0 radical (unpaired) electrons. The summed E-state index contributed by atoms with van der Waals surface area (Å²) in [6.07, 6.45) is 3.31. The van der Waals surface area contributed by atoms with Gasteiger partial charge in [0.15, 0.2) is 5.82 Å². The fourth-order valence-electron chi connectivity index (χ4n) is 2.60. The summed E-state index contributed by atoms with van der Waals surface area (Å²) in [5.74, 6) is 0.108. The zero-order valence-electron chi connectivity index (χ0n) is 10.5. The normalized spacial score (nSPS) is 18.2. The predicted molar refractivity (Wildman–Crippen MR) is 71.3 cm³/mol. The van der Waals surface area contributed by atoms with Gasteiger partial charge in [-0.25, -0.2) is 14.4 Å². The molecule has 1 aromatic heterocycles. The highest BCUT2D eigenvalue weighted by Crippen LogP contribution is 2.30. The van der Waals surface area contributed by atoms with Gasteiger partial charge in [-0.1, -0.05) is 24.3 Å². The molecule has 0 aliphatic carbocycles. The van der Waals surface area contributed by atoms with Crippen LogP contribution in [0.15, 0.2) is 36.7 Å². The number of nitrogens with zero attached hydrogens (tertiary/aromatic N) is 3. The first-order valence-electron chi connectivity index (χ1n) is 6.31. The minimum absolute atomic E-state index is 0.0513. The van der Waals surface area contributed by atoms with Crippen molar-refractivity contribution in [2.24, 2.45) is 5.73 Å². The van der Waals surface area contributed by atoms with Crippen molar-refractivity contribution in [3.8, 4) is 0 Å². The summed E-state index contributed by atoms with van der Waals surface area (Å²) in [5, 5.41) is 0. The Hall–Kier alpha value is -2.01. The third kappa shape index (κ3) is 2.17. The number of anilines is 1. The van der Waals surface area contributed by atoms with Crippen LogP contribution in [0.2, 0.25) is 0 Å². The quantitative estimate of drug-likeness (QED) is 0.890. The van der Waals surface area contributed by atoms with Gasteiger partial charge in [0.25, 0.3) is 0 Å². The molecule has 0 bridgehead atoms. The molecule has 0 amide bonds. The van der Waals surface area contributed by atoms with Crippen LogP contribution in [0.25, 0.3) is 0 Å². The lowest BCUT2D eigenvalue weighted by molar-refractivity contribution is 0.567. The van der Waals surface area contributed by atoms with E-state index in [1.54, 1.807) is 0 Å². The van der Waals surface area contributed by atoms with Gasteiger partial charge in [-0.3, -0.25) is 0 Å². The minimum atomic E-state index is -0.426. The van der Waals surface area contributed by atoms with Crippen LogP contribution in [-0.4, -0.2) is 23.1 Å². The van der Waals surface area contributed by atoms with Crippen LogP contribution >= 0.6 is 0 Å². The first-order chi connectivity index (χ1) is 9.29. The molecule has 5 heteroatoms. The number of rotatable bonds is 2. The van der Waals surface area contributed by atoms with E-state index in [0.717, 1.165) is 13.0 Å². The summed E-state index contributed by atoms with van der Waals surface area (Å²) in [6, 6.07) is 8.31. The lowest BCUT2D eigenvalue weighted by Crippen LogP contribution is -2.40. The highest BCUT2D eigenvalue weighted by atomic mass is 19.1. The van der Waals surface area contributed by atoms with Crippen LogP contribution in [-0.2, 0) is 6.42 Å². The Morgan fingerprint density at radius 1 is 1.26 bits per heavy atom. The molecular weight excluding hydrogens is 243 g/mol. The van der Waals surface area contributed by atoms with Gasteiger partial charge in [0, 0.05) is 13.1 Å². The molecule has 2 aromatic rings. The van der Waals surface area contributed by atoms with Crippen molar-refractivity contribution >= 4 is 5.95 Å². The molecule has 0 saturated carbocycles. The van der Waals surface area contributed by atoms with Crippen LogP contribution in [0.1, 0.15) is 17.2 Å². The first-order valence-corrected chi connectivity index (χ1v) is 6.31. The zero-order valence-corrected chi connectivity index (χ0v) is 10.5. The van der Waals surface area contributed by atoms with E-state index in [1.807, 2.05) is 17.0 Å². The van der Waals surface area contributed by atoms with Crippen molar-refractivity contribution in [2.75, 3.05) is 18.0 Å². The molecular formula is C14H15FN4. The lowest BCUT2D eigenvalue weighted by Gasteiger charge is -2.36. The maximum atomic E-state index is 12.9. The zero-order chi connectivity index (χ0) is 13.2. The van der Waals surface area contributed by atoms with Crippen LogP contribution in [0, 0.1) is 5.82 Å². The molecule has 4 nitrogen and oxygen atoms in total. The standard InChI is InChI=1S/C14H15FN4/c15-11-8-17-14(18-9-11)19-6-5-10-3-1-2-4-12(10)13(19)7-16/h1-4,8-9,13H,5-7,16H2. The molecule has 2 N–H and O–H groups in total. The average Bonchev–Trinajstić information content (AvgIpc) is 2.47. The molecule has 98 valence electrons. The van der Waals surface area contributed by atoms with E-state index in [-0.39, 0.29) is 6.04 Å². The van der Waals surface area contributed by atoms with Crippen molar-refractivity contribution in [3.63, 3.8) is 0 Å². The average molecular weight is 258 g/mol. The third-order valence-electron chi connectivity index (χ3n) is 3.50. The Balaban J connectivity index is 1.98. The first kappa shape index (κ1) is 12.0. The van der Waals surface area contributed by atoms with Gasteiger partial charge in [0.1, 0.15) is 0 Å². The summed E-state index contributed by atoms with van der Waals surface area (Å²) in [4.78, 5) is 10.2. The van der Waals surface area contributed by atoms with Crippen molar-refractivity contribution in [3.05, 3.63) is 53.6 Å². The molecule has 19 heavy (non-hydrogen) atoms. The molecule has 1 aliphatic heterocycles. The van der Waals surface area contributed by atoms with E-state index in [2.05, 4.69) is 22.1 Å². The monoisotopic (exact) mass is 258 g/mol. The van der Waals surface area contributed by atoms with E-state index in [9.17, 15) is 4.39 Å². The third-order valence-corrected chi connectivity index (χ3v) is 3.50. The summed E-state index contributed by atoms with van der Waals surface area (Å²) >= 11 is 0. The predicted octanol–water partition coefficient (Wildman–Crippen LogP) is 1.68. The van der Waals surface area contributed by atoms with Crippen molar-refractivity contribution < 1.29 is 4.39 Å². The Kier molecular flexibility index (Phi) is 3.13. The number of hydrogen-bond donors (Lipinski definition) is 1. The Morgan fingerprint density at radius 2 is 2.00 bits per heavy atom. The van der Waals surface area contributed by atoms with Crippen molar-refractivity contribution in [1.29, 1.82) is 0 Å². The summed E-state index contributed by atoms with van der Waals surface area (Å²) < 4.78 is 12.9. The highest BCUT2D eigenvalue weighted by Gasteiger charge is 2.27. The molecule has 2 heterocycles. The highest BCUT2D eigenvalue weighted by molar-refractivity contribution is 5.43. The number of aromatic nitrogens is 2. The fourth-order valence-corrected chi connectivity index (χ4v) is 2.60. The Labute approximate surface area is 111 Å². The Morgan fingerprint density at radius 3 is 2.74 bits per heavy atom. The van der Waals surface area contributed by atoms with Crippen LogP contribution in [0.5, 0.6) is 0 Å². The smallest absolute Gasteiger partial charge is 0.226 e. The van der Waals surface area contributed by atoms with Crippen molar-refractivity contribution in [2.45, 2.75) is 12.5 Å². The van der Waals surface area contributed by atoms with Crippen LogP contribution in [0.4, 0.5) is 10.3 Å². The van der Waals surface area contributed by atoms with E-state index >= 15 is 0 Å². The number of hydrogen-bond acceptors (Lipinski definition) is 4. The molecule has 3 rings (SSSR count). The van der Waals surface area contributed by atoms with Gasteiger partial charge >= 0.3 is 0 Å². The summed E-state index contributed by atoms with van der Waals surface area (Å²) in [6.45, 7) is 1.28. The molecule has 1 aliphatic rings. The van der Waals surface area contributed by atoms with E-state index in [0.29, 0.717) is 12.5 Å². The van der Waals surface area contributed by atoms with Crippen LogP contribution in [0.3, 0.4) is 0 Å². The fraction of sp³-hybridized carbons (Fsp3) is 0.286. The minimum Gasteiger partial charge on any atom is -0.332 e.